The molecule has 0 atom stereocenters. The minimum atomic E-state index is -4.28. The Kier molecular flexibility index (Phi) is 4.44. The van der Waals surface area contributed by atoms with Crippen LogP contribution in [0, 0.1) is 0 Å². The van der Waals surface area contributed by atoms with Gasteiger partial charge in [0.1, 0.15) is 0 Å². The summed E-state index contributed by atoms with van der Waals surface area (Å²) in [4.78, 5) is 4.36. The van der Waals surface area contributed by atoms with Crippen molar-refractivity contribution >= 4 is 5.96 Å². The highest BCUT2D eigenvalue weighted by molar-refractivity contribution is 5.78. The molecule has 0 amide bonds. The fourth-order valence-electron chi connectivity index (χ4n) is 2.44. The first kappa shape index (κ1) is 15.7. The molecule has 0 saturated heterocycles. The van der Waals surface area contributed by atoms with Crippen molar-refractivity contribution in [3.63, 3.8) is 0 Å². The highest BCUT2D eigenvalue weighted by Crippen LogP contribution is 2.39. The van der Waals surface area contributed by atoms with Gasteiger partial charge in [-0.3, -0.25) is 4.99 Å². The van der Waals surface area contributed by atoms with Crippen molar-refractivity contribution in [1.29, 1.82) is 0 Å². The van der Waals surface area contributed by atoms with Gasteiger partial charge in [0.2, 0.25) is 0 Å². The Morgan fingerprint density at radius 2 is 1.81 bits per heavy atom. The SMILES string of the molecule is CC(C)NC(N)=NC1CC(c2ccc(C(F)(F)F)cc2)C1. The maximum absolute atomic E-state index is 12.5. The number of nitrogens with zero attached hydrogens (tertiary/aromatic N) is 1. The molecule has 3 N–H and O–H groups in total. The number of alkyl halides is 3. The summed E-state index contributed by atoms with van der Waals surface area (Å²) in [6.07, 6.45) is -2.63. The second-order valence-corrected chi connectivity index (χ2v) is 5.76. The predicted molar refractivity (Wildman–Crippen MR) is 77.1 cm³/mol. The fraction of sp³-hybridized carbons (Fsp3) is 0.533. The van der Waals surface area contributed by atoms with Crippen molar-refractivity contribution in [3.05, 3.63) is 35.4 Å². The standard InChI is InChI=1S/C15H20F3N3/c1-9(2)20-14(19)21-13-7-11(8-13)10-3-5-12(6-4-10)15(16,17)18/h3-6,9,11,13H,7-8H2,1-2H3,(H3,19,20,21). The molecule has 6 heteroatoms. The lowest BCUT2D eigenvalue weighted by atomic mass is 9.76. The molecule has 0 unspecified atom stereocenters. The monoisotopic (exact) mass is 299 g/mol. The molecule has 0 spiro atoms. The van der Waals surface area contributed by atoms with E-state index >= 15 is 0 Å². The molecular formula is C15H20F3N3. The summed E-state index contributed by atoms with van der Waals surface area (Å²) in [6, 6.07) is 5.79. The number of aliphatic imine (C=N–C) groups is 1. The van der Waals surface area contributed by atoms with Gasteiger partial charge in [-0.1, -0.05) is 12.1 Å². The molecule has 0 aromatic heterocycles. The Balaban J connectivity index is 1.90. The molecule has 3 nitrogen and oxygen atoms in total. The van der Waals surface area contributed by atoms with Crippen LogP contribution in [0.2, 0.25) is 0 Å². The van der Waals surface area contributed by atoms with E-state index in [4.69, 9.17) is 5.73 Å². The summed E-state index contributed by atoms with van der Waals surface area (Å²) in [6.45, 7) is 3.96. The topological polar surface area (TPSA) is 50.4 Å². The van der Waals surface area contributed by atoms with E-state index in [-0.39, 0.29) is 18.0 Å². The third-order valence-corrected chi connectivity index (χ3v) is 3.58. The van der Waals surface area contributed by atoms with E-state index < -0.39 is 11.7 Å². The van der Waals surface area contributed by atoms with Gasteiger partial charge in [-0.25, -0.2) is 0 Å². The molecule has 0 heterocycles. The third-order valence-electron chi connectivity index (χ3n) is 3.58. The summed E-state index contributed by atoms with van der Waals surface area (Å²) in [5.74, 6) is 0.703. The average molecular weight is 299 g/mol. The summed E-state index contributed by atoms with van der Waals surface area (Å²) in [7, 11) is 0. The normalized spacial score (nSPS) is 23.0. The predicted octanol–water partition coefficient (Wildman–Crippen LogP) is 3.26. The maximum atomic E-state index is 12.5. The van der Waals surface area contributed by atoms with E-state index in [1.807, 2.05) is 13.8 Å². The Hall–Kier alpha value is -1.72. The van der Waals surface area contributed by atoms with Gasteiger partial charge in [0.25, 0.3) is 0 Å². The zero-order valence-electron chi connectivity index (χ0n) is 12.1. The van der Waals surface area contributed by atoms with E-state index in [1.54, 1.807) is 12.1 Å². The zero-order chi connectivity index (χ0) is 15.6. The number of rotatable bonds is 3. The van der Waals surface area contributed by atoms with Gasteiger partial charge >= 0.3 is 6.18 Å². The number of hydrogen-bond acceptors (Lipinski definition) is 1. The Morgan fingerprint density at radius 1 is 1.24 bits per heavy atom. The van der Waals surface area contributed by atoms with Crippen LogP contribution in [0.4, 0.5) is 13.2 Å². The Morgan fingerprint density at radius 3 is 2.29 bits per heavy atom. The molecule has 0 bridgehead atoms. The summed E-state index contributed by atoms with van der Waals surface area (Å²) >= 11 is 0. The van der Waals surface area contributed by atoms with Crippen molar-refractivity contribution in [2.45, 2.75) is 50.9 Å². The first-order valence-electron chi connectivity index (χ1n) is 7.02. The van der Waals surface area contributed by atoms with Crippen LogP contribution in [0.25, 0.3) is 0 Å². The molecule has 116 valence electrons. The number of benzene rings is 1. The van der Waals surface area contributed by atoms with E-state index in [0.717, 1.165) is 30.5 Å². The molecule has 1 aliphatic rings. The van der Waals surface area contributed by atoms with Crippen LogP contribution >= 0.6 is 0 Å². The fourth-order valence-corrected chi connectivity index (χ4v) is 2.44. The summed E-state index contributed by atoms with van der Waals surface area (Å²) < 4.78 is 37.5. The van der Waals surface area contributed by atoms with Crippen LogP contribution in [-0.2, 0) is 6.18 Å². The molecule has 1 aromatic carbocycles. The van der Waals surface area contributed by atoms with Crippen molar-refractivity contribution in [2.75, 3.05) is 0 Å². The lowest BCUT2D eigenvalue weighted by molar-refractivity contribution is -0.137. The summed E-state index contributed by atoms with van der Waals surface area (Å²) in [5.41, 5.74) is 6.08. The van der Waals surface area contributed by atoms with Gasteiger partial charge in [0.05, 0.1) is 11.6 Å². The van der Waals surface area contributed by atoms with Crippen molar-refractivity contribution < 1.29 is 13.2 Å². The van der Waals surface area contributed by atoms with E-state index in [0.29, 0.717) is 5.96 Å². The third kappa shape index (κ3) is 4.12. The molecule has 1 aliphatic carbocycles. The van der Waals surface area contributed by atoms with Crippen LogP contribution in [0.3, 0.4) is 0 Å². The second kappa shape index (κ2) is 5.95. The van der Waals surface area contributed by atoms with Crippen LogP contribution in [0.5, 0.6) is 0 Å². The number of halogens is 3. The first-order chi connectivity index (χ1) is 9.75. The quantitative estimate of drug-likeness (QED) is 0.665. The van der Waals surface area contributed by atoms with E-state index in [1.165, 1.54) is 0 Å². The first-order valence-corrected chi connectivity index (χ1v) is 7.02. The van der Waals surface area contributed by atoms with Crippen molar-refractivity contribution in [2.24, 2.45) is 10.7 Å². The molecule has 1 aromatic rings. The van der Waals surface area contributed by atoms with Crippen LogP contribution < -0.4 is 11.1 Å². The van der Waals surface area contributed by atoms with Crippen molar-refractivity contribution in [1.82, 2.24) is 5.32 Å². The van der Waals surface area contributed by atoms with Crippen LogP contribution in [-0.4, -0.2) is 18.0 Å². The molecule has 21 heavy (non-hydrogen) atoms. The molecular weight excluding hydrogens is 279 g/mol. The van der Waals surface area contributed by atoms with E-state index in [2.05, 4.69) is 10.3 Å². The Labute approximate surface area is 122 Å². The lowest BCUT2D eigenvalue weighted by Crippen LogP contribution is -2.39. The lowest BCUT2D eigenvalue weighted by Gasteiger charge is -2.33. The van der Waals surface area contributed by atoms with Crippen LogP contribution in [0.1, 0.15) is 43.7 Å². The van der Waals surface area contributed by atoms with Crippen LogP contribution in [0.15, 0.2) is 29.3 Å². The zero-order valence-corrected chi connectivity index (χ0v) is 12.1. The molecule has 1 fully saturated rings. The Bertz CT molecular complexity index is 500. The second-order valence-electron chi connectivity index (χ2n) is 5.76. The average Bonchev–Trinajstić information content (AvgIpc) is 2.31. The number of nitrogens with two attached hydrogens (primary N) is 1. The molecule has 0 radical (unpaired) electrons. The van der Waals surface area contributed by atoms with Gasteiger partial charge in [-0.2, -0.15) is 13.2 Å². The van der Waals surface area contributed by atoms with E-state index in [9.17, 15) is 13.2 Å². The van der Waals surface area contributed by atoms with Gasteiger partial charge in [0.15, 0.2) is 5.96 Å². The highest BCUT2D eigenvalue weighted by atomic mass is 19.4. The molecule has 0 aliphatic heterocycles. The minimum absolute atomic E-state index is 0.156. The largest absolute Gasteiger partial charge is 0.416 e. The van der Waals surface area contributed by atoms with Crippen molar-refractivity contribution in [3.8, 4) is 0 Å². The molecule has 2 rings (SSSR count). The summed E-state index contributed by atoms with van der Waals surface area (Å²) in [5, 5.41) is 3.02. The smallest absolute Gasteiger partial charge is 0.370 e. The van der Waals surface area contributed by atoms with Gasteiger partial charge in [-0.05, 0) is 50.3 Å². The minimum Gasteiger partial charge on any atom is -0.370 e. The van der Waals surface area contributed by atoms with Gasteiger partial charge in [0, 0.05) is 6.04 Å². The molecule has 1 saturated carbocycles. The highest BCUT2D eigenvalue weighted by Gasteiger charge is 2.33. The number of hydrogen-bond donors (Lipinski definition) is 2. The van der Waals surface area contributed by atoms with Gasteiger partial charge in [-0.15, -0.1) is 0 Å². The number of nitrogens with one attached hydrogen (secondary N) is 1. The van der Waals surface area contributed by atoms with Gasteiger partial charge < -0.3 is 11.1 Å². The maximum Gasteiger partial charge on any atom is 0.416 e. The number of guanidine groups is 1.